The Morgan fingerprint density at radius 2 is 1.38 bits per heavy atom. The van der Waals surface area contributed by atoms with E-state index < -0.39 is 35.2 Å². The smallest absolute Gasteiger partial charge is 0.300 e. The summed E-state index contributed by atoms with van der Waals surface area (Å²) in [5.74, 6) is -0.928. The van der Waals surface area contributed by atoms with Crippen LogP contribution >= 0.6 is 0 Å². The molecular weight excluding hydrogens is 276 g/mol. The summed E-state index contributed by atoms with van der Waals surface area (Å²) in [6.45, 7) is 6.13. The van der Waals surface area contributed by atoms with E-state index in [4.69, 9.17) is 0 Å². The van der Waals surface area contributed by atoms with Gasteiger partial charge >= 0.3 is 12.1 Å². The van der Waals surface area contributed by atoms with Crippen LogP contribution in [0.15, 0.2) is 0 Å². The zero-order chi connectivity index (χ0) is 16.3. The van der Waals surface area contributed by atoms with E-state index in [0.29, 0.717) is 0 Å². The van der Waals surface area contributed by atoms with Crippen LogP contribution in [0, 0.1) is 0 Å². The van der Waals surface area contributed by atoms with Crippen molar-refractivity contribution in [3.8, 4) is 0 Å². The summed E-state index contributed by atoms with van der Waals surface area (Å²) in [6, 6.07) is -1.04. The molecule has 2 aliphatic rings. The normalized spacial score (nSPS) is 32.1. The van der Waals surface area contributed by atoms with E-state index in [1.165, 1.54) is 30.8 Å². The van der Waals surface area contributed by atoms with Gasteiger partial charge in [-0.3, -0.25) is 9.59 Å². The minimum atomic E-state index is -1.37. The van der Waals surface area contributed by atoms with Gasteiger partial charge in [0.1, 0.15) is 0 Å². The molecule has 8 nitrogen and oxygen atoms in total. The lowest BCUT2D eigenvalue weighted by Gasteiger charge is -2.42. The van der Waals surface area contributed by atoms with Crippen molar-refractivity contribution in [2.24, 2.45) is 0 Å². The number of carbonyl (C=O) groups is 4. The maximum atomic E-state index is 12.5. The fraction of sp³-hybridized carbons (Fsp3) is 0.692. The Morgan fingerprint density at radius 3 is 1.76 bits per heavy atom. The highest BCUT2D eigenvalue weighted by atomic mass is 16.2. The summed E-state index contributed by atoms with van der Waals surface area (Å²) >= 11 is 0. The van der Waals surface area contributed by atoms with E-state index in [-0.39, 0.29) is 6.42 Å². The van der Waals surface area contributed by atoms with Crippen LogP contribution in [-0.2, 0) is 9.59 Å². The minimum absolute atomic E-state index is 0.106. The van der Waals surface area contributed by atoms with Gasteiger partial charge in [-0.15, -0.1) is 0 Å². The summed E-state index contributed by atoms with van der Waals surface area (Å²) in [7, 11) is 3.05. The maximum Gasteiger partial charge on any atom is 0.330 e. The van der Waals surface area contributed by atoms with E-state index in [0.717, 1.165) is 9.80 Å². The number of urea groups is 2. The number of fused-ring (bicyclic) bond motifs is 1. The van der Waals surface area contributed by atoms with Crippen molar-refractivity contribution in [1.82, 2.24) is 19.6 Å². The molecule has 0 aliphatic carbocycles. The van der Waals surface area contributed by atoms with Crippen molar-refractivity contribution in [2.75, 3.05) is 14.1 Å². The van der Waals surface area contributed by atoms with Gasteiger partial charge in [0.25, 0.3) is 0 Å². The molecule has 0 spiro atoms. The Labute approximate surface area is 123 Å². The molecule has 6 amide bonds. The van der Waals surface area contributed by atoms with Crippen LogP contribution in [0.5, 0.6) is 0 Å². The van der Waals surface area contributed by atoms with E-state index in [2.05, 4.69) is 0 Å². The van der Waals surface area contributed by atoms with Crippen LogP contribution in [0.25, 0.3) is 0 Å². The molecule has 0 unspecified atom stereocenters. The molecule has 0 aromatic carbocycles. The summed E-state index contributed by atoms with van der Waals surface area (Å²) in [5.41, 5.74) is -2.48. The van der Waals surface area contributed by atoms with Crippen molar-refractivity contribution >= 4 is 23.9 Å². The average molecular weight is 296 g/mol. The SMILES string of the molecule is CCC(=O)N1C(=O)N(C)[C@]2(C)N(C)C(=O)N(C(C)=O)[C@]12C. The Bertz CT molecular complexity index is 562. The second-order valence-corrected chi connectivity index (χ2v) is 5.66. The molecule has 0 aromatic heterocycles. The largest absolute Gasteiger partial charge is 0.330 e. The van der Waals surface area contributed by atoms with Gasteiger partial charge in [0.05, 0.1) is 0 Å². The fourth-order valence-electron chi connectivity index (χ4n) is 3.38. The zero-order valence-electron chi connectivity index (χ0n) is 13.1. The fourth-order valence-corrected chi connectivity index (χ4v) is 3.38. The number of hydrogen-bond donors (Lipinski definition) is 0. The van der Waals surface area contributed by atoms with Gasteiger partial charge in [-0.1, -0.05) is 6.92 Å². The lowest BCUT2D eigenvalue weighted by molar-refractivity contribution is -0.145. The summed E-state index contributed by atoms with van der Waals surface area (Å²) in [6.07, 6.45) is 0.106. The number of imide groups is 2. The number of nitrogens with zero attached hydrogens (tertiary/aromatic N) is 4. The average Bonchev–Trinajstić information content (AvgIpc) is 2.66. The molecule has 2 saturated heterocycles. The molecule has 21 heavy (non-hydrogen) atoms. The lowest BCUT2D eigenvalue weighted by atomic mass is 9.95. The molecule has 2 atom stereocenters. The van der Waals surface area contributed by atoms with Gasteiger partial charge in [0.2, 0.25) is 11.8 Å². The number of carbonyl (C=O) groups excluding carboxylic acids is 4. The van der Waals surface area contributed by atoms with Crippen LogP contribution in [0.1, 0.15) is 34.1 Å². The zero-order valence-corrected chi connectivity index (χ0v) is 13.1. The molecule has 0 aromatic rings. The molecule has 0 bridgehead atoms. The topological polar surface area (TPSA) is 81.2 Å². The van der Waals surface area contributed by atoms with Gasteiger partial charge in [0.15, 0.2) is 11.3 Å². The summed E-state index contributed by atoms with van der Waals surface area (Å²) in [5, 5.41) is 0. The number of amides is 6. The van der Waals surface area contributed by atoms with E-state index >= 15 is 0 Å². The first-order valence-electron chi connectivity index (χ1n) is 6.76. The standard InChI is InChI=1S/C13H20N4O4/c1-7-9(19)17-11(21)15(6)12(3)13(17,4)16(8(2)18)10(20)14(12)5/h7H2,1-6H3/t12-,13+/m0/s1. The first-order chi connectivity index (χ1) is 9.56. The van der Waals surface area contributed by atoms with Gasteiger partial charge in [-0.05, 0) is 13.8 Å². The van der Waals surface area contributed by atoms with Crippen LogP contribution in [0.3, 0.4) is 0 Å². The molecule has 0 N–H and O–H groups in total. The Hall–Kier alpha value is -2.12. The predicted octanol–water partition coefficient (Wildman–Crippen LogP) is 0.637. The molecule has 2 aliphatic heterocycles. The van der Waals surface area contributed by atoms with Crippen molar-refractivity contribution in [2.45, 2.75) is 45.4 Å². The third kappa shape index (κ3) is 1.39. The quantitative estimate of drug-likeness (QED) is 0.711. The molecular formula is C13H20N4O4. The lowest BCUT2D eigenvalue weighted by Crippen LogP contribution is -2.65. The van der Waals surface area contributed by atoms with Gasteiger partial charge in [-0.25, -0.2) is 19.4 Å². The highest BCUT2D eigenvalue weighted by molar-refractivity contribution is 6.04. The molecule has 8 heteroatoms. The molecule has 2 heterocycles. The Balaban J connectivity index is 2.75. The Kier molecular flexibility index (Phi) is 3.05. The third-order valence-electron chi connectivity index (χ3n) is 4.90. The molecule has 116 valence electrons. The molecule has 0 saturated carbocycles. The monoisotopic (exact) mass is 296 g/mol. The first-order valence-corrected chi connectivity index (χ1v) is 6.76. The maximum absolute atomic E-state index is 12.5. The highest BCUT2D eigenvalue weighted by Gasteiger charge is 2.74. The minimum Gasteiger partial charge on any atom is -0.300 e. The molecule has 2 rings (SSSR count). The number of rotatable bonds is 1. The van der Waals surface area contributed by atoms with Gasteiger partial charge in [0, 0.05) is 27.4 Å². The van der Waals surface area contributed by atoms with Crippen LogP contribution in [0.2, 0.25) is 0 Å². The number of likely N-dealkylation sites (N-methyl/N-ethyl adjacent to an activating group) is 2. The van der Waals surface area contributed by atoms with E-state index in [1.807, 2.05) is 0 Å². The van der Waals surface area contributed by atoms with Crippen molar-refractivity contribution in [1.29, 1.82) is 0 Å². The van der Waals surface area contributed by atoms with Crippen molar-refractivity contribution < 1.29 is 19.2 Å². The third-order valence-corrected chi connectivity index (χ3v) is 4.90. The number of hydrogen-bond acceptors (Lipinski definition) is 4. The Morgan fingerprint density at radius 1 is 0.952 bits per heavy atom. The highest BCUT2D eigenvalue weighted by Crippen LogP contribution is 2.50. The van der Waals surface area contributed by atoms with Gasteiger partial charge < -0.3 is 9.80 Å². The van der Waals surface area contributed by atoms with Crippen molar-refractivity contribution in [3.63, 3.8) is 0 Å². The molecule has 0 radical (unpaired) electrons. The molecule has 2 fully saturated rings. The predicted molar refractivity (Wildman–Crippen MR) is 72.8 cm³/mol. The van der Waals surface area contributed by atoms with Crippen LogP contribution < -0.4 is 0 Å². The second-order valence-electron chi connectivity index (χ2n) is 5.66. The second kappa shape index (κ2) is 4.19. The van der Waals surface area contributed by atoms with E-state index in [9.17, 15) is 19.2 Å². The van der Waals surface area contributed by atoms with E-state index in [1.54, 1.807) is 20.8 Å². The van der Waals surface area contributed by atoms with Crippen LogP contribution in [-0.4, -0.2) is 68.9 Å². The summed E-state index contributed by atoms with van der Waals surface area (Å²) < 4.78 is 0. The summed E-state index contributed by atoms with van der Waals surface area (Å²) in [4.78, 5) is 53.8. The van der Waals surface area contributed by atoms with Crippen LogP contribution in [0.4, 0.5) is 9.59 Å². The van der Waals surface area contributed by atoms with Crippen molar-refractivity contribution in [3.05, 3.63) is 0 Å². The first kappa shape index (κ1) is 15.3. The van der Waals surface area contributed by atoms with Gasteiger partial charge in [-0.2, -0.15) is 0 Å².